The molecular weight excluding hydrogens is 143 g/mol. The molecule has 1 rings (SSSR count). The first-order valence-electron chi connectivity index (χ1n) is 4.60. The van der Waals surface area contributed by atoms with Gasteiger partial charge in [0.25, 0.3) is 0 Å². The molecule has 1 aliphatic rings. The molecule has 1 aliphatic heterocycles. The van der Waals surface area contributed by atoms with E-state index in [4.69, 9.17) is 0 Å². The lowest BCUT2D eigenvalue weighted by molar-refractivity contribution is 0.126. The SMILES string of the molecule is CCCCCCCC1(F)CO1. The zero-order valence-electron chi connectivity index (χ0n) is 7.24. The van der Waals surface area contributed by atoms with E-state index >= 15 is 0 Å². The number of halogens is 1. The van der Waals surface area contributed by atoms with Crippen molar-refractivity contribution in [2.75, 3.05) is 6.61 Å². The summed E-state index contributed by atoms with van der Waals surface area (Å²) >= 11 is 0. The maximum absolute atomic E-state index is 12.8. The molecule has 0 spiro atoms. The molecule has 66 valence electrons. The lowest BCUT2D eigenvalue weighted by atomic mass is 10.1. The highest BCUT2D eigenvalue weighted by Gasteiger charge is 2.44. The van der Waals surface area contributed by atoms with Crippen LogP contribution in [0, 0.1) is 0 Å². The minimum absolute atomic E-state index is 0.334. The van der Waals surface area contributed by atoms with Crippen LogP contribution in [-0.2, 0) is 4.74 Å². The highest BCUT2D eigenvalue weighted by atomic mass is 19.2. The third kappa shape index (κ3) is 3.71. The number of alkyl halides is 1. The summed E-state index contributed by atoms with van der Waals surface area (Å²) in [7, 11) is 0. The number of epoxide rings is 1. The summed E-state index contributed by atoms with van der Waals surface area (Å²) in [6.45, 7) is 2.52. The molecule has 1 heterocycles. The van der Waals surface area contributed by atoms with E-state index in [9.17, 15) is 4.39 Å². The Hall–Kier alpha value is -0.110. The van der Waals surface area contributed by atoms with Gasteiger partial charge in [0.05, 0.1) is 0 Å². The van der Waals surface area contributed by atoms with E-state index < -0.39 is 5.85 Å². The van der Waals surface area contributed by atoms with Crippen molar-refractivity contribution < 1.29 is 9.13 Å². The van der Waals surface area contributed by atoms with Gasteiger partial charge in [-0.05, 0) is 6.42 Å². The van der Waals surface area contributed by atoms with Gasteiger partial charge < -0.3 is 4.74 Å². The van der Waals surface area contributed by atoms with E-state index in [1.54, 1.807) is 0 Å². The molecule has 1 unspecified atom stereocenters. The van der Waals surface area contributed by atoms with Crippen molar-refractivity contribution in [3.05, 3.63) is 0 Å². The number of unbranched alkanes of at least 4 members (excludes halogenated alkanes) is 4. The van der Waals surface area contributed by atoms with Crippen LogP contribution in [0.3, 0.4) is 0 Å². The van der Waals surface area contributed by atoms with Crippen molar-refractivity contribution in [2.24, 2.45) is 0 Å². The van der Waals surface area contributed by atoms with Gasteiger partial charge in [0.1, 0.15) is 6.61 Å². The predicted octanol–water partition coefficient (Wildman–Crippen LogP) is 3.04. The first-order valence-corrected chi connectivity index (χ1v) is 4.60. The molecule has 2 heteroatoms. The normalized spacial score (nSPS) is 28.9. The van der Waals surface area contributed by atoms with Gasteiger partial charge in [-0.3, -0.25) is 0 Å². The molecule has 0 aromatic heterocycles. The molecule has 0 radical (unpaired) electrons. The van der Waals surface area contributed by atoms with Crippen molar-refractivity contribution in [1.29, 1.82) is 0 Å². The maximum Gasteiger partial charge on any atom is 0.233 e. The molecule has 1 nitrogen and oxygen atoms in total. The lowest BCUT2D eigenvalue weighted by Gasteiger charge is -2.00. The molecule has 1 saturated heterocycles. The number of rotatable bonds is 6. The predicted molar refractivity (Wildman–Crippen MR) is 43.2 cm³/mol. The molecule has 0 aromatic carbocycles. The largest absolute Gasteiger partial charge is 0.338 e. The van der Waals surface area contributed by atoms with E-state index in [0.29, 0.717) is 13.0 Å². The third-order valence-electron chi connectivity index (χ3n) is 2.11. The highest BCUT2D eigenvalue weighted by Crippen LogP contribution is 2.34. The zero-order chi connectivity index (χ0) is 8.16. The van der Waals surface area contributed by atoms with Gasteiger partial charge in [0, 0.05) is 6.42 Å². The van der Waals surface area contributed by atoms with Crippen LogP contribution >= 0.6 is 0 Å². The first kappa shape index (κ1) is 8.98. The van der Waals surface area contributed by atoms with Gasteiger partial charge in [-0.15, -0.1) is 0 Å². The molecule has 0 N–H and O–H groups in total. The smallest absolute Gasteiger partial charge is 0.233 e. The summed E-state index contributed by atoms with van der Waals surface area (Å²) in [4.78, 5) is 0. The summed E-state index contributed by atoms with van der Waals surface area (Å²) in [6, 6.07) is 0. The van der Waals surface area contributed by atoms with E-state index in [1.165, 1.54) is 19.3 Å². The van der Waals surface area contributed by atoms with Crippen LogP contribution in [0.2, 0.25) is 0 Å². The molecular formula is C9H17FO. The molecule has 11 heavy (non-hydrogen) atoms. The van der Waals surface area contributed by atoms with Crippen molar-refractivity contribution >= 4 is 0 Å². The van der Waals surface area contributed by atoms with Gasteiger partial charge in [-0.1, -0.05) is 32.6 Å². The minimum atomic E-state index is -1.20. The Balaban J connectivity index is 1.81. The van der Waals surface area contributed by atoms with Gasteiger partial charge in [-0.2, -0.15) is 0 Å². The van der Waals surface area contributed by atoms with Crippen LogP contribution in [0.4, 0.5) is 4.39 Å². The average Bonchev–Trinajstić information content (AvgIpc) is 2.69. The van der Waals surface area contributed by atoms with Gasteiger partial charge in [-0.25, -0.2) is 4.39 Å². The fourth-order valence-corrected chi connectivity index (χ4v) is 1.22. The summed E-state index contributed by atoms with van der Waals surface area (Å²) < 4.78 is 17.4. The van der Waals surface area contributed by atoms with Crippen LogP contribution in [-0.4, -0.2) is 12.5 Å². The van der Waals surface area contributed by atoms with E-state index in [2.05, 4.69) is 11.7 Å². The van der Waals surface area contributed by atoms with Gasteiger partial charge in [0.15, 0.2) is 0 Å². The minimum Gasteiger partial charge on any atom is -0.338 e. The van der Waals surface area contributed by atoms with Crippen LogP contribution in [0.15, 0.2) is 0 Å². The second-order valence-corrected chi connectivity index (χ2v) is 3.34. The summed E-state index contributed by atoms with van der Waals surface area (Å²) in [5.41, 5.74) is 0. The zero-order valence-corrected chi connectivity index (χ0v) is 7.24. The van der Waals surface area contributed by atoms with Crippen LogP contribution in [0.25, 0.3) is 0 Å². The Morgan fingerprint density at radius 3 is 2.45 bits per heavy atom. The quantitative estimate of drug-likeness (QED) is 0.430. The second-order valence-electron chi connectivity index (χ2n) is 3.34. The Morgan fingerprint density at radius 2 is 1.91 bits per heavy atom. The Morgan fingerprint density at radius 1 is 1.27 bits per heavy atom. The Bertz CT molecular complexity index is 110. The lowest BCUT2D eigenvalue weighted by Crippen LogP contribution is -2.00. The molecule has 0 aliphatic carbocycles. The monoisotopic (exact) mass is 160 g/mol. The Labute approximate surface area is 67.9 Å². The second kappa shape index (κ2) is 4.05. The van der Waals surface area contributed by atoms with Crippen LogP contribution in [0.1, 0.15) is 45.4 Å². The van der Waals surface area contributed by atoms with Crippen molar-refractivity contribution in [3.63, 3.8) is 0 Å². The van der Waals surface area contributed by atoms with Gasteiger partial charge >= 0.3 is 0 Å². The summed E-state index contributed by atoms with van der Waals surface area (Å²) in [5, 5.41) is 0. The maximum atomic E-state index is 12.8. The number of hydrogen-bond acceptors (Lipinski definition) is 1. The average molecular weight is 160 g/mol. The molecule has 0 saturated carbocycles. The molecule has 0 bridgehead atoms. The summed E-state index contributed by atoms with van der Waals surface area (Å²) in [6.07, 6.45) is 6.51. The topological polar surface area (TPSA) is 12.5 Å². The first-order chi connectivity index (χ1) is 5.27. The third-order valence-corrected chi connectivity index (χ3v) is 2.11. The molecule has 1 fully saturated rings. The number of hydrogen-bond donors (Lipinski definition) is 0. The molecule has 0 aromatic rings. The van der Waals surface area contributed by atoms with E-state index in [-0.39, 0.29) is 0 Å². The highest BCUT2D eigenvalue weighted by molar-refractivity contribution is 4.79. The van der Waals surface area contributed by atoms with Gasteiger partial charge in [0.2, 0.25) is 5.85 Å². The van der Waals surface area contributed by atoms with E-state index in [0.717, 1.165) is 12.8 Å². The fraction of sp³-hybridized carbons (Fsp3) is 1.00. The summed E-state index contributed by atoms with van der Waals surface area (Å²) in [5.74, 6) is -1.20. The fourth-order valence-electron chi connectivity index (χ4n) is 1.22. The van der Waals surface area contributed by atoms with Crippen molar-refractivity contribution in [3.8, 4) is 0 Å². The number of ether oxygens (including phenoxy) is 1. The van der Waals surface area contributed by atoms with Crippen LogP contribution in [0.5, 0.6) is 0 Å². The van der Waals surface area contributed by atoms with Crippen LogP contribution < -0.4 is 0 Å². The molecule has 0 amide bonds. The standard InChI is InChI=1S/C9H17FO/c1-2-3-4-5-6-7-9(10)8-11-9/h2-8H2,1H3. The Kier molecular flexibility index (Phi) is 3.31. The van der Waals surface area contributed by atoms with Crippen molar-refractivity contribution in [2.45, 2.75) is 51.3 Å². The molecule has 1 atom stereocenters. The van der Waals surface area contributed by atoms with E-state index in [1.807, 2.05) is 0 Å². The van der Waals surface area contributed by atoms with Crippen molar-refractivity contribution in [1.82, 2.24) is 0 Å².